The smallest absolute Gasteiger partial charge is 0.252 e. The van der Waals surface area contributed by atoms with E-state index in [2.05, 4.69) is 15.7 Å². The Balaban J connectivity index is 1.47. The zero-order valence-electron chi connectivity index (χ0n) is 17.9. The van der Waals surface area contributed by atoms with Crippen LogP contribution in [0.15, 0.2) is 36.4 Å². The van der Waals surface area contributed by atoms with Crippen molar-refractivity contribution in [1.82, 2.24) is 25.4 Å². The van der Waals surface area contributed by atoms with E-state index in [0.717, 1.165) is 48.0 Å². The van der Waals surface area contributed by atoms with E-state index < -0.39 is 6.04 Å². The van der Waals surface area contributed by atoms with Crippen LogP contribution in [-0.4, -0.2) is 38.7 Å². The van der Waals surface area contributed by atoms with Gasteiger partial charge in [0, 0.05) is 31.1 Å². The Morgan fingerprint density at radius 2 is 1.90 bits per heavy atom. The molecule has 3 aromatic rings. The Morgan fingerprint density at radius 1 is 1.16 bits per heavy atom. The minimum atomic E-state index is -0.639. The second-order valence-corrected chi connectivity index (χ2v) is 8.78. The average molecular weight is 418 g/mol. The van der Waals surface area contributed by atoms with E-state index in [1.807, 2.05) is 50.4 Å². The molecular formula is C24H27N5O2. The molecule has 0 saturated heterocycles. The molecule has 2 aliphatic rings. The summed E-state index contributed by atoms with van der Waals surface area (Å²) in [4.78, 5) is 31.2. The van der Waals surface area contributed by atoms with Gasteiger partial charge >= 0.3 is 0 Å². The predicted octanol–water partition coefficient (Wildman–Crippen LogP) is 2.77. The van der Waals surface area contributed by atoms with Gasteiger partial charge in [-0.3, -0.25) is 14.3 Å². The number of hydrogen-bond acceptors (Lipinski definition) is 4. The van der Waals surface area contributed by atoms with E-state index in [4.69, 9.17) is 4.98 Å². The maximum atomic E-state index is 13.5. The van der Waals surface area contributed by atoms with Gasteiger partial charge in [-0.25, -0.2) is 4.98 Å². The topological polar surface area (TPSA) is 88.9 Å². The van der Waals surface area contributed by atoms with Crippen molar-refractivity contribution in [3.05, 3.63) is 58.9 Å². The van der Waals surface area contributed by atoms with Crippen LogP contribution in [0.4, 0.5) is 0 Å². The Kier molecular flexibility index (Phi) is 4.96. The van der Waals surface area contributed by atoms with E-state index in [9.17, 15) is 9.59 Å². The van der Waals surface area contributed by atoms with Crippen LogP contribution in [0.5, 0.6) is 0 Å². The van der Waals surface area contributed by atoms with Gasteiger partial charge in [-0.15, -0.1) is 0 Å². The van der Waals surface area contributed by atoms with Crippen molar-refractivity contribution in [2.45, 2.75) is 57.0 Å². The molecule has 2 fully saturated rings. The van der Waals surface area contributed by atoms with Crippen molar-refractivity contribution in [3.8, 4) is 0 Å². The lowest BCUT2D eigenvalue weighted by Gasteiger charge is -2.19. The second kappa shape index (κ2) is 7.80. The van der Waals surface area contributed by atoms with Crippen molar-refractivity contribution in [2.75, 3.05) is 0 Å². The summed E-state index contributed by atoms with van der Waals surface area (Å²) in [5.74, 6) is 0.0250. The fraction of sp³-hybridized carbons (Fsp3) is 0.417. The molecular weight excluding hydrogens is 390 g/mol. The number of benzene rings is 1. The minimum absolute atomic E-state index is 0.129. The van der Waals surface area contributed by atoms with E-state index in [0.29, 0.717) is 23.5 Å². The van der Waals surface area contributed by atoms with Crippen molar-refractivity contribution in [3.63, 3.8) is 0 Å². The number of rotatable bonds is 7. The molecule has 2 heterocycles. The highest BCUT2D eigenvalue weighted by atomic mass is 16.2. The Labute approximate surface area is 181 Å². The highest BCUT2D eigenvalue weighted by molar-refractivity contribution is 6.07. The molecule has 1 atom stereocenters. The molecule has 0 spiro atoms. The first kappa shape index (κ1) is 19.7. The third-order valence-corrected chi connectivity index (χ3v) is 6.06. The van der Waals surface area contributed by atoms with Gasteiger partial charge < -0.3 is 10.6 Å². The fourth-order valence-corrected chi connectivity index (χ4v) is 4.06. The van der Waals surface area contributed by atoms with E-state index in [1.165, 1.54) is 0 Å². The van der Waals surface area contributed by atoms with Crippen molar-refractivity contribution < 1.29 is 9.59 Å². The van der Waals surface area contributed by atoms with Gasteiger partial charge in [-0.1, -0.05) is 30.3 Å². The third kappa shape index (κ3) is 4.17. The first-order chi connectivity index (χ1) is 15.0. The van der Waals surface area contributed by atoms with Gasteiger partial charge in [0.2, 0.25) is 5.91 Å². The Morgan fingerprint density at radius 3 is 2.58 bits per heavy atom. The zero-order chi connectivity index (χ0) is 21.5. The summed E-state index contributed by atoms with van der Waals surface area (Å²) in [6.45, 7) is 1.89. The molecule has 1 unspecified atom stereocenters. The van der Waals surface area contributed by atoms with E-state index >= 15 is 0 Å². The van der Waals surface area contributed by atoms with Gasteiger partial charge in [0.15, 0.2) is 5.65 Å². The van der Waals surface area contributed by atoms with Gasteiger partial charge in [0.25, 0.3) is 5.91 Å². The normalized spacial score (nSPS) is 16.8. The monoisotopic (exact) mass is 417 g/mol. The molecule has 7 nitrogen and oxygen atoms in total. The van der Waals surface area contributed by atoms with E-state index in [-0.39, 0.29) is 17.9 Å². The van der Waals surface area contributed by atoms with Crippen LogP contribution in [0.2, 0.25) is 0 Å². The molecule has 0 radical (unpaired) electrons. The first-order valence-corrected chi connectivity index (χ1v) is 11.0. The number of carbonyl (C=O) groups excluding carboxylic acids is 2. The molecule has 5 rings (SSSR count). The minimum Gasteiger partial charge on any atom is -0.352 e. The summed E-state index contributed by atoms with van der Waals surface area (Å²) < 4.78 is 1.73. The van der Waals surface area contributed by atoms with Crippen molar-refractivity contribution >= 4 is 22.8 Å². The number of nitrogens with zero attached hydrogens (tertiary/aromatic N) is 3. The number of pyridine rings is 1. The lowest BCUT2D eigenvalue weighted by Crippen LogP contribution is -2.48. The lowest BCUT2D eigenvalue weighted by atomic mass is 10.0. The number of fused-ring (bicyclic) bond motifs is 1. The zero-order valence-corrected chi connectivity index (χ0v) is 17.9. The van der Waals surface area contributed by atoms with Gasteiger partial charge in [-0.2, -0.15) is 5.10 Å². The van der Waals surface area contributed by atoms with Gasteiger partial charge in [0.1, 0.15) is 6.04 Å². The number of aryl methyl sites for hydroxylation is 2. The largest absolute Gasteiger partial charge is 0.352 e. The van der Waals surface area contributed by atoms with Gasteiger partial charge in [-0.05, 0) is 44.2 Å². The van der Waals surface area contributed by atoms with Crippen LogP contribution >= 0.6 is 0 Å². The van der Waals surface area contributed by atoms with Crippen LogP contribution in [-0.2, 0) is 18.3 Å². The van der Waals surface area contributed by atoms with Crippen LogP contribution in [0, 0.1) is 6.92 Å². The molecule has 0 aliphatic heterocycles. The SMILES string of the molecule is Cc1nn(C)c2nc(C3CC3)cc(C(=O)NC(Cc3ccccc3)C(=O)NC3CC3)c12. The number of nitrogens with one attached hydrogen (secondary N) is 2. The molecule has 2 N–H and O–H groups in total. The molecule has 2 aromatic heterocycles. The standard InChI is InChI=1S/C24H27N5O2/c1-14-21-18(13-19(16-8-9-16)26-22(21)29(2)28-14)23(30)27-20(24(31)25-17-10-11-17)12-15-6-4-3-5-7-15/h3-7,13,16-17,20H,8-12H2,1-2H3,(H,25,31)(H,27,30). The molecule has 160 valence electrons. The molecule has 1 aromatic carbocycles. The van der Waals surface area contributed by atoms with Crippen molar-refractivity contribution in [1.29, 1.82) is 0 Å². The third-order valence-electron chi connectivity index (χ3n) is 6.06. The Hall–Kier alpha value is -3.22. The lowest BCUT2D eigenvalue weighted by molar-refractivity contribution is -0.123. The molecule has 31 heavy (non-hydrogen) atoms. The molecule has 2 saturated carbocycles. The maximum Gasteiger partial charge on any atom is 0.252 e. The van der Waals surface area contributed by atoms with Crippen LogP contribution in [0.3, 0.4) is 0 Å². The van der Waals surface area contributed by atoms with Crippen molar-refractivity contribution in [2.24, 2.45) is 7.05 Å². The molecule has 2 aliphatic carbocycles. The van der Waals surface area contributed by atoms with Crippen LogP contribution in [0.25, 0.3) is 11.0 Å². The summed E-state index contributed by atoms with van der Waals surface area (Å²) in [7, 11) is 1.85. The number of amides is 2. The number of hydrogen-bond donors (Lipinski definition) is 2. The fourth-order valence-electron chi connectivity index (χ4n) is 4.06. The predicted molar refractivity (Wildman–Crippen MR) is 118 cm³/mol. The highest BCUT2D eigenvalue weighted by Crippen LogP contribution is 2.40. The molecule has 7 heteroatoms. The quantitative estimate of drug-likeness (QED) is 0.619. The maximum absolute atomic E-state index is 13.5. The highest BCUT2D eigenvalue weighted by Gasteiger charge is 2.31. The number of aromatic nitrogens is 3. The van der Waals surface area contributed by atoms with Crippen LogP contribution in [0.1, 0.15) is 58.9 Å². The Bertz CT molecular complexity index is 1150. The summed E-state index contributed by atoms with van der Waals surface area (Å²) in [6.07, 6.45) is 4.64. The van der Waals surface area contributed by atoms with Crippen LogP contribution < -0.4 is 10.6 Å². The summed E-state index contributed by atoms with van der Waals surface area (Å²) >= 11 is 0. The summed E-state index contributed by atoms with van der Waals surface area (Å²) in [5.41, 5.74) is 3.97. The first-order valence-electron chi connectivity index (χ1n) is 11.0. The summed E-state index contributed by atoms with van der Waals surface area (Å²) in [6, 6.07) is 11.3. The second-order valence-electron chi connectivity index (χ2n) is 8.78. The molecule has 2 amide bonds. The van der Waals surface area contributed by atoms with Gasteiger partial charge in [0.05, 0.1) is 16.6 Å². The number of carbonyl (C=O) groups is 2. The van der Waals surface area contributed by atoms with E-state index in [1.54, 1.807) is 4.68 Å². The summed E-state index contributed by atoms with van der Waals surface area (Å²) in [5, 5.41) is 11.3. The molecule has 0 bridgehead atoms. The average Bonchev–Trinajstić information content (AvgIpc) is 3.67.